The molecular weight excluding hydrogens is 244 g/mol. The number of carbonyl (C=O) groups excluding carboxylic acids is 1. The lowest BCUT2D eigenvalue weighted by Crippen LogP contribution is -2.24. The van der Waals surface area contributed by atoms with Crippen LogP contribution in [0.2, 0.25) is 0 Å². The molecule has 1 aromatic carbocycles. The second-order valence-electron chi connectivity index (χ2n) is 4.51. The molecule has 1 unspecified atom stereocenters. The molecule has 1 aromatic rings. The van der Waals surface area contributed by atoms with Crippen LogP contribution in [0.3, 0.4) is 0 Å². The summed E-state index contributed by atoms with van der Waals surface area (Å²) in [5, 5.41) is 10.5. The summed E-state index contributed by atoms with van der Waals surface area (Å²) in [6.45, 7) is 6.23. The number of esters is 1. The molecule has 1 atom stereocenters. The van der Waals surface area contributed by atoms with Gasteiger partial charge in [0.15, 0.2) is 0 Å². The number of rotatable bonds is 7. The third-order valence-corrected chi connectivity index (χ3v) is 2.89. The Morgan fingerprint density at radius 3 is 2.58 bits per heavy atom. The molecule has 4 nitrogen and oxygen atoms in total. The lowest BCUT2D eigenvalue weighted by atomic mass is 9.90. The first-order valence-electron chi connectivity index (χ1n) is 6.61. The largest absolute Gasteiger partial charge is 0.493 e. The van der Waals surface area contributed by atoms with E-state index in [0.29, 0.717) is 30.9 Å². The number of hydrogen-bond donors (Lipinski definition) is 1. The van der Waals surface area contributed by atoms with Crippen LogP contribution in [0.4, 0.5) is 0 Å². The van der Waals surface area contributed by atoms with E-state index in [1.807, 2.05) is 31.2 Å². The quantitative estimate of drug-likeness (QED) is 0.771. The number of para-hydroxylation sites is 1. The van der Waals surface area contributed by atoms with Gasteiger partial charge in [0, 0.05) is 12.0 Å². The van der Waals surface area contributed by atoms with Gasteiger partial charge in [0.2, 0.25) is 0 Å². The van der Waals surface area contributed by atoms with Gasteiger partial charge in [0.05, 0.1) is 18.8 Å². The average molecular weight is 266 g/mol. The molecule has 0 saturated heterocycles. The predicted octanol–water partition coefficient (Wildman–Crippen LogP) is 2.64. The number of carbonyl (C=O) groups is 1. The van der Waals surface area contributed by atoms with E-state index >= 15 is 0 Å². The van der Waals surface area contributed by atoms with Gasteiger partial charge in [-0.3, -0.25) is 4.79 Å². The monoisotopic (exact) mass is 266 g/mol. The predicted molar refractivity (Wildman–Crippen MR) is 73.0 cm³/mol. The third-order valence-electron chi connectivity index (χ3n) is 2.89. The average Bonchev–Trinajstić information content (AvgIpc) is 2.38. The Morgan fingerprint density at radius 1 is 1.26 bits per heavy atom. The van der Waals surface area contributed by atoms with Gasteiger partial charge in [-0.2, -0.15) is 0 Å². The van der Waals surface area contributed by atoms with Gasteiger partial charge in [-0.25, -0.2) is 0 Å². The number of aliphatic hydroxyl groups is 1. The lowest BCUT2D eigenvalue weighted by molar-refractivity contribution is -0.144. The summed E-state index contributed by atoms with van der Waals surface area (Å²) in [6.07, 6.45) is 0.483. The summed E-state index contributed by atoms with van der Waals surface area (Å²) >= 11 is 0. The minimum Gasteiger partial charge on any atom is -0.493 e. The highest BCUT2D eigenvalue weighted by atomic mass is 16.5. The Bertz CT molecular complexity index is 412. The first-order valence-corrected chi connectivity index (χ1v) is 6.61. The Balaban J connectivity index is 2.78. The van der Waals surface area contributed by atoms with Crippen LogP contribution in [-0.4, -0.2) is 24.3 Å². The molecule has 0 radical (unpaired) electrons. The Morgan fingerprint density at radius 2 is 1.95 bits per heavy atom. The first kappa shape index (κ1) is 15.5. The lowest BCUT2D eigenvalue weighted by Gasteiger charge is -2.25. The second kappa shape index (κ2) is 7.14. The Hall–Kier alpha value is -1.55. The van der Waals surface area contributed by atoms with Gasteiger partial charge in [-0.05, 0) is 33.3 Å². The Labute approximate surface area is 114 Å². The molecule has 0 heterocycles. The van der Waals surface area contributed by atoms with Crippen molar-refractivity contribution in [3.05, 3.63) is 29.8 Å². The van der Waals surface area contributed by atoms with E-state index in [0.717, 1.165) is 0 Å². The van der Waals surface area contributed by atoms with Gasteiger partial charge in [0.25, 0.3) is 0 Å². The molecule has 0 aliphatic rings. The highest BCUT2D eigenvalue weighted by Crippen LogP contribution is 2.33. The molecule has 0 fully saturated rings. The highest BCUT2D eigenvalue weighted by Gasteiger charge is 2.27. The van der Waals surface area contributed by atoms with Crippen molar-refractivity contribution < 1.29 is 19.4 Å². The van der Waals surface area contributed by atoms with Crippen LogP contribution in [0, 0.1) is 0 Å². The van der Waals surface area contributed by atoms with Crippen LogP contribution in [0.1, 0.15) is 39.2 Å². The van der Waals surface area contributed by atoms with Crippen LogP contribution in [0.5, 0.6) is 5.75 Å². The maximum absolute atomic E-state index is 11.4. The zero-order valence-corrected chi connectivity index (χ0v) is 11.8. The minimum absolute atomic E-state index is 0.182. The molecule has 0 aliphatic heterocycles. The smallest absolute Gasteiger partial charge is 0.305 e. The number of benzene rings is 1. The third kappa shape index (κ3) is 4.56. The Kier molecular flexibility index (Phi) is 5.83. The summed E-state index contributed by atoms with van der Waals surface area (Å²) in [4.78, 5) is 11.4. The van der Waals surface area contributed by atoms with E-state index in [2.05, 4.69) is 0 Å². The van der Waals surface area contributed by atoms with Crippen LogP contribution in [0.15, 0.2) is 24.3 Å². The molecule has 0 saturated carbocycles. The maximum atomic E-state index is 11.4. The van der Waals surface area contributed by atoms with Crippen molar-refractivity contribution in [3.63, 3.8) is 0 Å². The molecule has 19 heavy (non-hydrogen) atoms. The normalized spacial score (nSPS) is 13.7. The fraction of sp³-hybridized carbons (Fsp3) is 0.533. The van der Waals surface area contributed by atoms with Crippen LogP contribution < -0.4 is 4.74 Å². The molecule has 0 spiro atoms. The zero-order valence-electron chi connectivity index (χ0n) is 11.8. The van der Waals surface area contributed by atoms with Crippen LogP contribution in [0.25, 0.3) is 0 Å². The van der Waals surface area contributed by atoms with E-state index in [1.54, 1.807) is 13.8 Å². The summed E-state index contributed by atoms with van der Waals surface area (Å²) in [5.74, 6) is 0.357. The molecule has 0 bridgehead atoms. The van der Waals surface area contributed by atoms with Crippen molar-refractivity contribution in [2.24, 2.45) is 0 Å². The molecule has 106 valence electrons. The van der Waals surface area contributed by atoms with Crippen molar-refractivity contribution in [1.82, 2.24) is 0 Å². The highest BCUT2D eigenvalue weighted by molar-refractivity contribution is 5.69. The van der Waals surface area contributed by atoms with E-state index in [4.69, 9.17) is 9.47 Å². The summed E-state index contributed by atoms with van der Waals surface area (Å²) in [5.41, 5.74) is -0.417. The SMILES string of the molecule is CCOC(=O)CCC(C)(O)c1ccccc1OCC. The van der Waals surface area contributed by atoms with Crippen molar-refractivity contribution in [1.29, 1.82) is 0 Å². The van der Waals surface area contributed by atoms with Crippen LogP contribution >= 0.6 is 0 Å². The van der Waals surface area contributed by atoms with Crippen molar-refractivity contribution in [2.75, 3.05) is 13.2 Å². The van der Waals surface area contributed by atoms with E-state index < -0.39 is 5.60 Å². The summed E-state index contributed by atoms with van der Waals surface area (Å²) in [6, 6.07) is 7.33. The summed E-state index contributed by atoms with van der Waals surface area (Å²) < 4.78 is 10.4. The minimum atomic E-state index is -1.11. The van der Waals surface area contributed by atoms with Crippen molar-refractivity contribution in [3.8, 4) is 5.75 Å². The van der Waals surface area contributed by atoms with Gasteiger partial charge >= 0.3 is 5.97 Å². The van der Waals surface area contributed by atoms with E-state index in [1.165, 1.54) is 0 Å². The molecule has 0 aromatic heterocycles. The first-order chi connectivity index (χ1) is 9.01. The molecule has 1 N–H and O–H groups in total. The standard InChI is InChI=1S/C15H22O4/c1-4-18-13-9-7-6-8-12(13)15(3,17)11-10-14(16)19-5-2/h6-9,17H,4-5,10-11H2,1-3H3. The second-order valence-corrected chi connectivity index (χ2v) is 4.51. The summed E-state index contributed by atoms with van der Waals surface area (Å²) in [7, 11) is 0. The molecule has 4 heteroatoms. The van der Waals surface area contributed by atoms with Crippen LogP contribution in [-0.2, 0) is 15.1 Å². The van der Waals surface area contributed by atoms with Gasteiger partial charge in [0.1, 0.15) is 5.75 Å². The fourth-order valence-corrected chi connectivity index (χ4v) is 1.91. The van der Waals surface area contributed by atoms with E-state index in [-0.39, 0.29) is 12.4 Å². The van der Waals surface area contributed by atoms with E-state index in [9.17, 15) is 9.90 Å². The van der Waals surface area contributed by atoms with Crippen molar-refractivity contribution in [2.45, 2.75) is 39.2 Å². The zero-order chi connectivity index (χ0) is 14.3. The molecular formula is C15H22O4. The van der Waals surface area contributed by atoms with Gasteiger partial charge in [-0.1, -0.05) is 18.2 Å². The fourth-order valence-electron chi connectivity index (χ4n) is 1.91. The molecule has 0 aliphatic carbocycles. The number of hydrogen-bond acceptors (Lipinski definition) is 4. The van der Waals surface area contributed by atoms with Crippen molar-refractivity contribution >= 4 is 5.97 Å². The molecule has 0 amide bonds. The van der Waals surface area contributed by atoms with Gasteiger partial charge in [-0.15, -0.1) is 0 Å². The topological polar surface area (TPSA) is 55.8 Å². The maximum Gasteiger partial charge on any atom is 0.305 e. The van der Waals surface area contributed by atoms with Gasteiger partial charge < -0.3 is 14.6 Å². The number of ether oxygens (including phenoxy) is 2. The molecule has 1 rings (SSSR count).